The van der Waals surface area contributed by atoms with Crippen molar-refractivity contribution in [3.63, 3.8) is 0 Å². The summed E-state index contributed by atoms with van der Waals surface area (Å²) in [5, 5.41) is 15.1. The molecule has 0 aliphatic rings. The molecule has 0 saturated heterocycles. The number of rotatable bonds is 8. The zero-order valence-corrected chi connectivity index (χ0v) is 42.2. The largest absolute Gasteiger partial charge is 0.454 e. The third-order valence-electron chi connectivity index (χ3n) is 15.3. The molecule has 0 aliphatic heterocycles. The highest BCUT2D eigenvalue weighted by molar-refractivity contribution is 7.26. The van der Waals surface area contributed by atoms with Crippen molar-refractivity contribution in [2.24, 2.45) is 0 Å². The van der Waals surface area contributed by atoms with Gasteiger partial charge in [-0.25, -0.2) is 0 Å². The molecule has 0 radical (unpaired) electrons. The molecule has 342 valence electrons. The van der Waals surface area contributed by atoms with Gasteiger partial charge in [0, 0.05) is 68.6 Å². The van der Waals surface area contributed by atoms with Crippen LogP contribution in [-0.2, 0) is 0 Å². The van der Waals surface area contributed by atoms with Gasteiger partial charge in [-0.1, -0.05) is 137 Å². The number of aryl methyl sites for hydroxylation is 2. The highest BCUT2D eigenvalue weighted by Gasteiger charge is 2.29. The Hall–Kier alpha value is -7.70. The van der Waals surface area contributed by atoms with Gasteiger partial charge in [0.2, 0.25) is 0 Å². The molecule has 3 heterocycles. The van der Waals surface area contributed by atoms with Crippen LogP contribution in [0.1, 0.15) is 61.8 Å². The first kappa shape index (κ1) is 42.2. The van der Waals surface area contributed by atoms with Gasteiger partial charge in [0.1, 0.15) is 5.58 Å². The van der Waals surface area contributed by atoms with Crippen LogP contribution >= 0.6 is 22.7 Å². The maximum Gasteiger partial charge on any atom is 0.159 e. The molecule has 3 nitrogen and oxygen atoms in total. The van der Waals surface area contributed by atoms with Crippen molar-refractivity contribution in [2.45, 2.75) is 53.4 Å². The predicted molar refractivity (Wildman–Crippen MR) is 310 cm³/mol. The van der Waals surface area contributed by atoms with Crippen molar-refractivity contribution in [3.8, 4) is 0 Å². The van der Waals surface area contributed by atoms with Crippen LogP contribution in [0, 0.1) is 13.8 Å². The second kappa shape index (κ2) is 15.9. The maximum absolute atomic E-state index is 6.88. The Balaban J connectivity index is 1.11. The quantitative estimate of drug-likeness (QED) is 0.142. The van der Waals surface area contributed by atoms with Gasteiger partial charge in [-0.05, 0) is 142 Å². The number of anilines is 6. The lowest BCUT2D eigenvalue weighted by atomic mass is 9.84. The van der Waals surface area contributed by atoms with Crippen molar-refractivity contribution < 1.29 is 4.42 Å². The van der Waals surface area contributed by atoms with Gasteiger partial charge >= 0.3 is 0 Å². The normalized spacial score (nSPS) is 12.3. The van der Waals surface area contributed by atoms with Crippen LogP contribution in [0.4, 0.5) is 34.1 Å². The van der Waals surface area contributed by atoms with Crippen LogP contribution in [0.2, 0.25) is 0 Å². The first-order valence-electron chi connectivity index (χ1n) is 24.9. The standard InChI is InChI=1S/C66H50N2OS2/c1-37(2)52-35-57(67(41-26-25-39(5)40(6)33-41)55-20-13-18-48-43-15-7-10-22-59(43)69-65(48)55)50-30-28-47-53(38(3)4)36-58(51-31-29-46(52)63(50)64(47)51)68(42-27-32-62-54(34-42)45-17-9-11-23-60(45)70-62)56-21-14-19-49-44-16-8-12-24-61(44)71-66(49)56/h7-38H,1-6H3. The van der Waals surface area contributed by atoms with Crippen LogP contribution in [0.25, 0.3) is 94.6 Å². The Morgan fingerprint density at radius 1 is 0.366 bits per heavy atom. The maximum atomic E-state index is 6.88. The number of furan rings is 1. The van der Waals surface area contributed by atoms with E-state index >= 15 is 0 Å². The van der Waals surface area contributed by atoms with Gasteiger partial charge < -0.3 is 14.2 Å². The highest BCUT2D eigenvalue weighted by atomic mass is 32.1. The number of para-hydroxylation sites is 2. The van der Waals surface area contributed by atoms with E-state index in [1.165, 1.54) is 106 Å². The summed E-state index contributed by atoms with van der Waals surface area (Å²) in [5.41, 5.74) is 13.8. The lowest BCUT2D eigenvalue weighted by Gasteiger charge is -2.32. The van der Waals surface area contributed by atoms with E-state index in [1.807, 2.05) is 22.7 Å². The molecule has 14 rings (SSSR count). The number of thiophene rings is 2. The fraction of sp³-hybridized carbons (Fsp3) is 0.121. The van der Waals surface area contributed by atoms with Gasteiger partial charge in [0.05, 0.1) is 27.4 Å². The molecule has 0 atom stereocenters. The van der Waals surface area contributed by atoms with E-state index in [-0.39, 0.29) is 11.8 Å². The first-order valence-corrected chi connectivity index (χ1v) is 26.5. The molecule has 0 amide bonds. The van der Waals surface area contributed by atoms with Gasteiger partial charge in [-0.15, -0.1) is 22.7 Å². The van der Waals surface area contributed by atoms with E-state index in [0.717, 1.165) is 44.7 Å². The topological polar surface area (TPSA) is 19.6 Å². The monoisotopic (exact) mass is 950 g/mol. The lowest BCUT2D eigenvalue weighted by Crippen LogP contribution is -2.13. The fourth-order valence-electron chi connectivity index (χ4n) is 11.7. The number of hydrogen-bond acceptors (Lipinski definition) is 5. The molecular weight excluding hydrogens is 901 g/mol. The molecule has 11 aromatic carbocycles. The third-order valence-corrected chi connectivity index (χ3v) is 17.6. The van der Waals surface area contributed by atoms with Crippen LogP contribution < -0.4 is 9.80 Å². The van der Waals surface area contributed by atoms with Crippen molar-refractivity contribution in [1.29, 1.82) is 0 Å². The zero-order chi connectivity index (χ0) is 47.8. The second-order valence-corrected chi connectivity index (χ2v) is 22.2. The smallest absolute Gasteiger partial charge is 0.159 e. The molecule has 0 saturated carbocycles. The lowest BCUT2D eigenvalue weighted by molar-refractivity contribution is 0.669. The Kier molecular flexibility index (Phi) is 9.46. The Bertz CT molecular complexity index is 4470. The summed E-state index contributed by atoms with van der Waals surface area (Å²) < 4.78 is 12.1. The molecule has 0 N–H and O–H groups in total. The highest BCUT2D eigenvalue weighted by Crippen LogP contribution is 2.54. The van der Waals surface area contributed by atoms with E-state index < -0.39 is 0 Å². The van der Waals surface area contributed by atoms with Crippen molar-refractivity contribution in [1.82, 2.24) is 0 Å². The van der Waals surface area contributed by atoms with E-state index in [0.29, 0.717) is 0 Å². The second-order valence-electron chi connectivity index (χ2n) is 20.1. The summed E-state index contributed by atoms with van der Waals surface area (Å²) in [4.78, 5) is 5.07. The molecule has 0 aliphatic carbocycles. The van der Waals surface area contributed by atoms with Crippen LogP contribution in [0.3, 0.4) is 0 Å². The molecule has 0 spiro atoms. The molecule has 5 heteroatoms. The SMILES string of the molecule is Cc1ccc(N(c2cc(C(C)C)c3ccc4c(N(c5ccc6sc7ccccc7c6c5)c5cccc6c5sc5ccccc56)cc(C(C)C)c5ccc2c3c54)c2cccc3c2oc2ccccc23)cc1C. The van der Waals surface area contributed by atoms with Crippen LogP contribution in [-0.4, -0.2) is 0 Å². The summed E-state index contributed by atoms with van der Waals surface area (Å²) in [5.74, 6) is 0.505. The molecule has 0 bridgehead atoms. The fourth-order valence-corrected chi connectivity index (χ4v) is 14.0. The van der Waals surface area contributed by atoms with Gasteiger partial charge in [0.25, 0.3) is 0 Å². The number of nitrogens with zero attached hydrogens (tertiary/aromatic N) is 2. The third kappa shape index (κ3) is 6.32. The summed E-state index contributed by atoms with van der Waals surface area (Å²) in [6, 6.07) is 68.4. The van der Waals surface area contributed by atoms with Crippen molar-refractivity contribution in [3.05, 3.63) is 204 Å². The zero-order valence-electron chi connectivity index (χ0n) is 40.6. The summed E-state index contributed by atoms with van der Waals surface area (Å²) >= 11 is 3.77. The average Bonchev–Trinajstić information content (AvgIpc) is 4.09. The summed E-state index contributed by atoms with van der Waals surface area (Å²) in [6.45, 7) is 13.8. The van der Waals surface area contributed by atoms with Crippen molar-refractivity contribution in [2.75, 3.05) is 9.80 Å². The minimum Gasteiger partial charge on any atom is -0.454 e. The number of fused-ring (bicyclic) bond motifs is 9. The average molecular weight is 951 g/mol. The molecule has 71 heavy (non-hydrogen) atoms. The Labute approximate surface area is 420 Å². The molecule has 0 unspecified atom stereocenters. The minimum atomic E-state index is 0.250. The van der Waals surface area contributed by atoms with Crippen LogP contribution in [0.15, 0.2) is 186 Å². The predicted octanol–water partition coefficient (Wildman–Crippen LogP) is 21.0. The number of hydrogen-bond donors (Lipinski definition) is 0. The van der Waals surface area contributed by atoms with E-state index in [1.54, 1.807) is 0 Å². The van der Waals surface area contributed by atoms with Crippen molar-refractivity contribution >= 4 is 151 Å². The molecule has 0 fully saturated rings. The summed E-state index contributed by atoms with van der Waals surface area (Å²) in [7, 11) is 0. The van der Waals surface area contributed by atoms with Crippen LogP contribution in [0.5, 0.6) is 0 Å². The molecule has 3 aromatic heterocycles. The first-order chi connectivity index (χ1) is 34.7. The Morgan fingerprint density at radius 3 is 1.56 bits per heavy atom. The van der Waals surface area contributed by atoms with E-state index in [4.69, 9.17) is 4.42 Å². The van der Waals surface area contributed by atoms with E-state index in [2.05, 4.69) is 233 Å². The molecular formula is C66H50N2OS2. The minimum absolute atomic E-state index is 0.250. The molecule has 14 aromatic rings. The number of benzene rings is 11. The van der Waals surface area contributed by atoms with Gasteiger partial charge in [-0.2, -0.15) is 0 Å². The Morgan fingerprint density at radius 2 is 0.887 bits per heavy atom. The van der Waals surface area contributed by atoms with Gasteiger partial charge in [-0.3, -0.25) is 0 Å². The summed E-state index contributed by atoms with van der Waals surface area (Å²) in [6.07, 6.45) is 0. The van der Waals surface area contributed by atoms with E-state index in [9.17, 15) is 0 Å². The van der Waals surface area contributed by atoms with Gasteiger partial charge in [0.15, 0.2) is 5.58 Å².